The molecular formula is C15H20N4O3. The molecule has 0 saturated heterocycles. The first-order valence-corrected chi connectivity index (χ1v) is 7.12. The van der Waals surface area contributed by atoms with Crippen molar-refractivity contribution in [3.8, 4) is 5.75 Å². The smallest absolute Gasteiger partial charge is 0.311 e. The van der Waals surface area contributed by atoms with Crippen LogP contribution in [0.1, 0.15) is 18.2 Å². The summed E-state index contributed by atoms with van der Waals surface area (Å²) in [5, 5.41) is 7.77. The number of ether oxygens (including phenoxy) is 2. The summed E-state index contributed by atoms with van der Waals surface area (Å²) in [5.41, 5.74) is 8.18. The van der Waals surface area contributed by atoms with Gasteiger partial charge in [-0.05, 0) is 37.6 Å². The molecule has 0 bridgehead atoms. The van der Waals surface area contributed by atoms with E-state index in [2.05, 4.69) is 10.3 Å². The Morgan fingerprint density at radius 1 is 1.41 bits per heavy atom. The van der Waals surface area contributed by atoms with Gasteiger partial charge >= 0.3 is 5.97 Å². The molecule has 0 atom stereocenters. The number of nitrogen functional groups attached to an aromatic ring is 1. The third-order valence-corrected chi connectivity index (χ3v) is 3.14. The topological polar surface area (TPSA) is 92.3 Å². The van der Waals surface area contributed by atoms with Gasteiger partial charge in [-0.15, -0.1) is 5.10 Å². The van der Waals surface area contributed by atoms with Gasteiger partial charge in [0.25, 0.3) is 0 Å². The first kappa shape index (κ1) is 15.8. The van der Waals surface area contributed by atoms with Crippen molar-refractivity contribution in [2.24, 2.45) is 0 Å². The number of aryl methyl sites for hydroxylation is 1. The Bertz CT molecular complexity index is 639. The van der Waals surface area contributed by atoms with E-state index in [9.17, 15) is 4.79 Å². The van der Waals surface area contributed by atoms with Crippen molar-refractivity contribution in [3.05, 3.63) is 35.7 Å². The summed E-state index contributed by atoms with van der Waals surface area (Å²) in [4.78, 5) is 11.5. The molecule has 0 spiro atoms. The van der Waals surface area contributed by atoms with Crippen LogP contribution in [0.25, 0.3) is 0 Å². The Morgan fingerprint density at radius 2 is 2.23 bits per heavy atom. The Balaban J connectivity index is 1.88. The van der Waals surface area contributed by atoms with Crippen molar-refractivity contribution in [2.45, 2.75) is 26.8 Å². The van der Waals surface area contributed by atoms with Crippen molar-refractivity contribution in [1.82, 2.24) is 15.0 Å². The molecule has 0 aliphatic carbocycles. The minimum absolute atomic E-state index is 0.155. The number of nitrogens with zero attached hydrogens (tertiary/aromatic N) is 3. The van der Waals surface area contributed by atoms with Crippen LogP contribution in [0.5, 0.6) is 5.75 Å². The Hall–Kier alpha value is -2.57. The lowest BCUT2D eigenvalue weighted by Crippen LogP contribution is -2.16. The Labute approximate surface area is 129 Å². The number of carbonyl (C=O) groups is 1. The number of rotatable bonds is 7. The number of hydrogen-bond acceptors (Lipinski definition) is 6. The molecule has 1 heterocycles. The van der Waals surface area contributed by atoms with Crippen molar-refractivity contribution in [3.63, 3.8) is 0 Å². The van der Waals surface area contributed by atoms with Crippen LogP contribution in [0.3, 0.4) is 0 Å². The first-order valence-electron chi connectivity index (χ1n) is 7.12. The molecule has 0 radical (unpaired) electrons. The van der Waals surface area contributed by atoms with E-state index in [1.54, 1.807) is 17.8 Å². The molecule has 7 nitrogen and oxygen atoms in total. The highest BCUT2D eigenvalue weighted by molar-refractivity contribution is 5.71. The first-order chi connectivity index (χ1) is 10.6. The fourth-order valence-electron chi connectivity index (χ4n) is 1.95. The lowest BCUT2D eigenvalue weighted by Gasteiger charge is -2.09. The van der Waals surface area contributed by atoms with E-state index in [1.807, 2.05) is 25.1 Å². The number of anilines is 1. The normalized spacial score (nSPS) is 10.5. The van der Waals surface area contributed by atoms with Crippen molar-refractivity contribution in [2.75, 3.05) is 18.9 Å². The van der Waals surface area contributed by atoms with Crippen LogP contribution in [0.15, 0.2) is 24.4 Å². The van der Waals surface area contributed by atoms with Gasteiger partial charge in [-0.1, -0.05) is 5.21 Å². The maximum atomic E-state index is 11.5. The van der Waals surface area contributed by atoms with Gasteiger partial charge in [0.2, 0.25) is 0 Å². The van der Waals surface area contributed by atoms with E-state index >= 15 is 0 Å². The van der Waals surface area contributed by atoms with Crippen LogP contribution in [0.4, 0.5) is 5.69 Å². The average Bonchev–Trinajstić information content (AvgIpc) is 2.90. The standard InChI is InChI=1S/C15H20N4O3/c1-3-21-15(20)9-12-10-17-18-19(12)6-7-22-13-4-5-14(16)11(2)8-13/h4-5,8,10H,3,6-7,9,16H2,1-2H3. The number of aromatic nitrogens is 3. The third-order valence-electron chi connectivity index (χ3n) is 3.14. The molecule has 0 saturated carbocycles. The van der Waals surface area contributed by atoms with E-state index < -0.39 is 0 Å². The van der Waals surface area contributed by atoms with Gasteiger partial charge in [-0.2, -0.15) is 0 Å². The third kappa shape index (κ3) is 4.21. The molecule has 7 heteroatoms. The second-order valence-corrected chi connectivity index (χ2v) is 4.80. The van der Waals surface area contributed by atoms with Crippen LogP contribution >= 0.6 is 0 Å². The molecule has 118 valence electrons. The van der Waals surface area contributed by atoms with Crippen LogP contribution in [0.2, 0.25) is 0 Å². The van der Waals surface area contributed by atoms with Gasteiger partial charge in [-0.3, -0.25) is 4.79 Å². The molecule has 0 unspecified atom stereocenters. The Kier molecular flexibility index (Phi) is 5.35. The van der Waals surface area contributed by atoms with Crippen LogP contribution < -0.4 is 10.5 Å². The second kappa shape index (κ2) is 7.44. The summed E-state index contributed by atoms with van der Waals surface area (Å²) in [6.45, 7) is 4.98. The van der Waals surface area contributed by atoms with Gasteiger partial charge in [-0.25, -0.2) is 4.68 Å². The maximum Gasteiger partial charge on any atom is 0.311 e. The van der Waals surface area contributed by atoms with Crippen LogP contribution in [-0.4, -0.2) is 34.2 Å². The SMILES string of the molecule is CCOC(=O)Cc1cnnn1CCOc1ccc(N)c(C)c1. The predicted octanol–water partition coefficient (Wildman–Crippen LogP) is 1.35. The van der Waals surface area contributed by atoms with E-state index in [0.717, 1.165) is 17.0 Å². The number of esters is 1. The lowest BCUT2D eigenvalue weighted by molar-refractivity contribution is -0.142. The number of benzene rings is 1. The summed E-state index contributed by atoms with van der Waals surface area (Å²) in [6, 6.07) is 5.52. The molecule has 1 aromatic heterocycles. The summed E-state index contributed by atoms with van der Waals surface area (Å²) in [7, 11) is 0. The zero-order valence-corrected chi connectivity index (χ0v) is 12.8. The van der Waals surface area contributed by atoms with Crippen LogP contribution in [-0.2, 0) is 22.5 Å². The number of nitrogens with two attached hydrogens (primary N) is 1. The zero-order valence-electron chi connectivity index (χ0n) is 12.8. The van der Waals surface area contributed by atoms with E-state index in [-0.39, 0.29) is 12.4 Å². The molecule has 0 aliphatic heterocycles. The highest BCUT2D eigenvalue weighted by Crippen LogP contribution is 2.18. The molecule has 2 aromatic rings. The minimum atomic E-state index is -0.291. The fraction of sp³-hybridized carbons (Fsp3) is 0.400. The van der Waals surface area contributed by atoms with Crippen molar-refractivity contribution < 1.29 is 14.3 Å². The van der Waals surface area contributed by atoms with Crippen molar-refractivity contribution >= 4 is 11.7 Å². The van der Waals surface area contributed by atoms with E-state index in [1.165, 1.54) is 0 Å². The monoisotopic (exact) mass is 304 g/mol. The predicted molar refractivity (Wildman–Crippen MR) is 81.4 cm³/mol. The number of carbonyl (C=O) groups excluding carboxylic acids is 1. The van der Waals surface area contributed by atoms with Gasteiger partial charge in [0.1, 0.15) is 12.4 Å². The van der Waals surface area contributed by atoms with E-state index in [4.69, 9.17) is 15.2 Å². The highest BCUT2D eigenvalue weighted by Gasteiger charge is 2.10. The molecule has 2 rings (SSSR count). The molecule has 22 heavy (non-hydrogen) atoms. The van der Waals surface area contributed by atoms with Gasteiger partial charge < -0.3 is 15.2 Å². The molecular weight excluding hydrogens is 284 g/mol. The molecule has 2 N–H and O–H groups in total. The second-order valence-electron chi connectivity index (χ2n) is 4.80. The average molecular weight is 304 g/mol. The van der Waals surface area contributed by atoms with Gasteiger partial charge in [0.15, 0.2) is 0 Å². The summed E-state index contributed by atoms with van der Waals surface area (Å²) >= 11 is 0. The molecule has 0 amide bonds. The minimum Gasteiger partial charge on any atom is -0.492 e. The van der Waals surface area contributed by atoms with Crippen LogP contribution in [0, 0.1) is 6.92 Å². The lowest BCUT2D eigenvalue weighted by atomic mass is 10.2. The Morgan fingerprint density at radius 3 is 2.95 bits per heavy atom. The highest BCUT2D eigenvalue weighted by atomic mass is 16.5. The quantitative estimate of drug-likeness (QED) is 0.613. The number of hydrogen-bond donors (Lipinski definition) is 1. The zero-order chi connectivity index (χ0) is 15.9. The van der Waals surface area contributed by atoms with E-state index in [0.29, 0.717) is 25.5 Å². The largest absolute Gasteiger partial charge is 0.492 e. The summed E-state index contributed by atoms with van der Waals surface area (Å²) in [5.74, 6) is 0.458. The molecule has 1 aromatic carbocycles. The summed E-state index contributed by atoms with van der Waals surface area (Å²) < 4.78 is 12.2. The molecule has 0 aliphatic rings. The van der Waals surface area contributed by atoms with Gasteiger partial charge in [0.05, 0.1) is 31.5 Å². The van der Waals surface area contributed by atoms with Gasteiger partial charge in [0, 0.05) is 5.69 Å². The fourth-order valence-corrected chi connectivity index (χ4v) is 1.95. The molecule has 0 fully saturated rings. The maximum absolute atomic E-state index is 11.5. The summed E-state index contributed by atoms with van der Waals surface area (Å²) in [6.07, 6.45) is 1.71. The van der Waals surface area contributed by atoms with Crippen molar-refractivity contribution in [1.29, 1.82) is 0 Å².